The van der Waals surface area contributed by atoms with E-state index < -0.39 is 0 Å². The Kier molecular flexibility index (Phi) is 4.44. The van der Waals surface area contributed by atoms with E-state index in [1.165, 1.54) is 11.3 Å². The Hall–Kier alpha value is -1.53. The van der Waals surface area contributed by atoms with Gasteiger partial charge in [0.1, 0.15) is 5.69 Å². The van der Waals surface area contributed by atoms with Crippen LogP contribution in [-0.4, -0.2) is 27.1 Å². The predicted molar refractivity (Wildman–Crippen MR) is 75.5 cm³/mol. The molecule has 0 atom stereocenters. The molecule has 2 heterocycles. The summed E-state index contributed by atoms with van der Waals surface area (Å²) in [5, 5.41) is 7.07. The average molecular weight is 278 g/mol. The van der Waals surface area contributed by atoms with Crippen LogP contribution in [0.4, 0.5) is 0 Å². The zero-order valence-electron chi connectivity index (χ0n) is 11.2. The number of carbonyl (C=O) groups excluding carboxylic acids is 1. The largest absolute Gasteiger partial charge is 0.330 e. The minimum Gasteiger partial charge on any atom is -0.330 e. The number of carbonyl (C=O) groups is 1. The molecule has 2 aromatic rings. The van der Waals surface area contributed by atoms with Crippen molar-refractivity contribution in [2.24, 2.45) is 12.8 Å². The van der Waals surface area contributed by atoms with Crippen LogP contribution in [0.5, 0.6) is 0 Å². The Morgan fingerprint density at radius 3 is 2.95 bits per heavy atom. The Labute approximate surface area is 116 Å². The van der Waals surface area contributed by atoms with E-state index >= 15 is 0 Å². The van der Waals surface area contributed by atoms with Gasteiger partial charge in [0.25, 0.3) is 0 Å². The summed E-state index contributed by atoms with van der Waals surface area (Å²) in [6, 6.07) is 1.98. The zero-order chi connectivity index (χ0) is 13.8. The summed E-state index contributed by atoms with van der Waals surface area (Å²) in [6.07, 6.45) is 1.94. The van der Waals surface area contributed by atoms with Crippen LogP contribution in [0.25, 0.3) is 0 Å². The second kappa shape index (κ2) is 6.08. The molecule has 19 heavy (non-hydrogen) atoms. The van der Waals surface area contributed by atoms with Gasteiger partial charge in [0.05, 0.1) is 17.1 Å². The minimum absolute atomic E-state index is 0.0326. The SMILES string of the molecule is CCc1cc(CC(=O)c2csc(CCN)n2)n(C)n1. The number of hydrogen-bond acceptors (Lipinski definition) is 5. The van der Waals surface area contributed by atoms with Crippen molar-refractivity contribution < 1.29 is 4.79 Å². The monoisotopic (exact) mass is 278 g/mol. The summed E-state index contributed by atoms with van der Waals surface area (Å²) in [5.41, 5.74) is 7.95. The van der Waals surface area contributed by atoms with E-state index in [0.29, 0.717) is 18.7 Å². The normalized spacial score (nSPS) is 10.9. The molecular weight excluding hydrogens is 260 g/mol. The highest BCUT2D eigenvalue weighted by Crippen LogP contribution is 2.13. The van der Waals surface area contributed by atoms with Gasteiger partial charge >= 0.3 is 0 Å². The Morgan fingerprint density at radius 2 is 2.32 bits per heavy atom. The first-order valence-electron chi connectivity index (χ1n) is 6.33. The third-order valence-corrected chi connectivity index (χ3v) is 3.84. The van der Waals surface area contributed by atoms with Crippen molar-refractivity contribution in [1.29, 1.82) is 0 Å². The van der Waals surface area contributed by atoms with Gasteiger partial charge in [-0.2, -0.15) is 5.10 Å². The van der Waals surface area contributed by atoms with Crippen molar-refractivity contribution in [3.8, 4) is 0 Å². The van der Waals surface area contributed by atoms with Gasteiger partial charge in [0.2, 0.25) is 0 Å². The fraction of sp³-hybridized carbons (Fsp3) is 0.462. The molecule has 0 aliphatic carbocycles. The van der Waals surface area contributed by atoms with Gasteiger partial charge in [-0.1, -0.05) is 6.92 Å². The van der Waals surface area contributed by atoms with Gasteiger partial charge in [-0.25, -0.2) is 4.98 Å². The standard InChI is InChI=1S/C13H18N4OS/c1-3-9-6-10(17(2)16-9)7-12(18)11-8-19-13(15-11)4-5-14/h6,8H,3-5,7,14H2,1-2H3. The first-order valence-corrected chi connectivity index (χ1v) is 7.21. The van der Waals surface area contributed by atoms with E-state index in [1.54, 1.807) is 4.68 Å². The molecule has 6 heteroatoms. The fourth-order valence-corrected chi connectivity index (χ4v) is 2.66. The average Bonchev–Trinajstić information content (AvgIpc) is 2.98. The van der Waals surface area contributed by atoms with Crippen LogP contribution in [0.2, 0.25) is 0 Å². The van der Waals surface area contributed by atoms with Crippen LogP contribution in [0, 0.1) is 0 Å². The number of Topliss-reactive ketones (excluding diaryl/α,β-unsaturated/α-hetero) is 1. The van der Waals surface area contributed by atoms with Crippen molar-refractivity contribution in [3.63, 3.8) is 0 Å². The van der Waals surface area contributed by atoms with E-state index in [4.69, 9.17) is 5.73 Å². The molecule has 0 unspecified atom stereocenters. The molecule has 0 aliphatic rings. The Morgan fingerprint density at radius 1 is 1.53 bits per heavy atom. The molecular formula is C13H18N4OS. The molecule has 0 spiro atoms. The molecule has 0 aromatic carbocycles. The second-order valence-corrected chi connectivity index (χ2v) is 5.31. The third-order valence-electron chi connectivity index (χ3n) is 2.93. The lowest BCUT2D eigenvalue weighted by atomic mass is 10.1. The number of ketones is 1. The highest BCUT2D eigenvalue weighted by molar-refractivity contribution is 7.09. The molecule has 0 radical (unpaired) electrons. The summed E-state index contributed by atoms with van der Waals surface area (Å²) in [5.74, 6) is 0.0326. The van der Waals surface area contributed by atoms with Crippen LogP contribution >= 0.6 is 11.3 Å². The molecule has 2 rings (SSSR count). The van der Waals surface area contributed by atoms with Crippen molar-refractivity contribution in [2.45, 2.75) is 26.2 Å². The van der Waals surface area contributed by atoms with Crippen LogP contribution in [0.3, 0.4) is 0 Å². The van der Waals surface area contributed by atoms with Gasteiger partial charge in [0, 0.05) is 24.5 Å². The third kappa shape index (κ3) is 3.27. The molecule has 0 amide bonds. The molecule has 102 valence electrons. The van der Waals surface area contributed by atoms with E-state index in [-0.39, 0.29) is 5.78 Å². The van der Waals surface area contributed by atoms with Crippen LogP contribution < -0.4 is 5.73 Å². The lowest BCUT2D eigenvalue weighted by Gasteiger charge is -1.98. The molecule has 2 aromatic heterocycles. The number of aromatic nitrogens is 3. The maximum Gasteiger partial charge on any atom is 0.187 e. The number of hydrogen-bond donors (Lipinski definition) is 1. The summed E-state index contributed by atoms with van der Waals surface area (Å²) in [4.78, 5) is 16.5. The van der Waals surface area contributed by atoms with Gasteiger partial charge < -0.3 is 5.73 Å². The highest BCUT2D eigenvalue weighted by atomic mass is 32.1. The topological polar surface area (TPSA) is 73.8 Å². The number of nitrogens with two attached hydrogens (primary N) is 1. The Balaban J connectivity index is 2.08. The number of rotatable bonds is 6. The smallest absolute Gasteiger partial charge is 0.187 e. The molecule has 5 nitrogen and oxygen atoms in total. The van der Waals surface area contributed by atoms with E-state index in [9.17, 15) is 4.79 Å². The van der Waals surface area contributed by atoms with Crippen LogP contribution in [-0.2, 0) is 26.3 Å². The van der Waals surface area contributed by atoms with Crippen molar-refractivity contribution in [3.05, 3.63) is 33.5 Å². The predicted octanol–water partition coefficient (Wildman–Crippen LogP) is 1.37. The Bertz CT molecular complexity index is 573. The van der Waals surface area contributed by atoms with Gasteiger partial charge in [-0.05, 0) is 19.0 Å². The molecule has 2 N–H and O–H groups in total. The summed E-state index contributed by atoms with van der Waals surface area (Å²) in [6.45, 7) is 2.61. The molecule has 0 saturated heterocycles. The van der Waals surface area contributed by atoms with Gasteiger partial charge in [-0.3, -0.25) is 9.48 Å². The fourth-order valence-electron chi connectivity index (χ4n) is 1.84. The maximum absolute atomic E-state index is 12.2. The van der Waals surface area contributed by atoms with E-state index in [2.05, 4.69) is 10.1 Å². The quantitative estimate of drug-likeness (QED) is 0.810. The van der Waals surface area contributed by atoms with E-state index in [0.717, 1.165) is 29.2 Å². The lowest BCUT2D eigenvalue weighted by Crippen LogP contribution is -2.09. The zero-order valence-corrected chi connectivity index (χ0v) is 12.0. The van der Waals surface area contributed by atoms with Crippen LogP contribution in [0.15, 0.2) is 11.4 Å². The van der Waals surface area contributed by atoms with Crippen LogP contribution in [0.1, 0.15) is 33.8 Å². The molecule has 0 saturated carbocycles. The molecule has 0 bridgehead atoms. The van der Waals surface area contributed by atoms with Crippen molar-refractivity contribution in [1.82, 2.24) is 14.8 Å². The van der Waals surface area contributed by atoms with Gasteiger partial charge in [-0.15, -0.1) is 11.3 Å². The number of aryl methyl sites for hydroxylation is 2. The second-order valence-electron chi connectivity index (χ2n) is 4.37. The highest BCUT2D eigenvalue weighted by Gasteiger charge is 2.14. The first kappa shape index (κ1) is 13.9. The van der Waals surface area contributed by atoms with Crippen molar-refractivity contribution in [2.75, 3.05) is 6.54 Å². The summed E-state index contributed by atoms with van der Waals surface area (Å²) >= 11 is 1.49. The number of thiazole rings is 1. The minimum atomic E-state index is 0.0326. The first-order chi connectivity index (χ1) is 9.13. The number of nitrogens with zero attached hydrogens (tertiary/aromatic N) is 3. The summed E-state index contributed by atoms with van der Waals surface area (Å²) < 4.78 is 1.77. The summed E-state index contributed by atoms with van der Waals surface area (Å²) in [7, 11) is 1.86. The maximum atomic E-state index is 12.2. The molecule has 0 aliphatic heterocycles. The molecule has 0 fully saturated rings. The van der Waals surface area contributed by atoms with Crippen molar-refractivity contribution >= 4 is 17.1 Å². The lowest BCUT2D eigenvalue weighted by molar-refractivity contribution is 0.0986. The van der Waals surface area contributed by atoms with E-state index in [1.807, 2.05) is 25.4 Å². The van der Waals surface area contributed by atoms with Gasteiger partial charge in [0.15, 0.2) is 5.78 Å².